The van der Waals surface area contributed by atoms with Crippen molar-refractivity contribution in [2.24, 2.45) is 0 Å². The highest BCUT2D eigenvalue weighted by molar-refractivity contribution is 6.31. The molecule has 0 fully saturated rings. The van der Waals surface area contributed by atoms with E-state index in [1.807, 2.05) is 38.1 Å². The Hall–Kier alpha value is -2.53. The summed E-state index contributed by atoms with van der Waals surface area (Å²) >= 11 is 6.12. The van der Waals surface area contributed by atoms with E-state index in [4.69, 9.17) is 16.3 Å². The number of anilines is 2. The van der Waals surface area contributed by atoms with Crippen LogP contribution in [0.25, 0.3) is 0 Å². The highest BCUT2D eigenvalue weighted by atomic mass is 35.5. The van der Waals surface area contributed by atoms with Crippen LogP contribution in [-0.2, 0) is 9.59 Å². The number of benzene rings is 2. The van der Waals surface area contributed by atoms with Crippen LogP contribution >= 0.6 is 11.6 Å². The van der Waals surface area contributed by atoms with E-state index in [1.165, 1.54) is 18.9 Å². The van der Waals surface area contributed by atoms with E-state index >= 15 is 0 Å². The van der Waals surface area contributed by atoms with Crippen molar-refractivity contribution in [1.82, 2.24) is 0 Å². The number of halogens is 1. The highest BCUT2D eigenvalue weighted by Gasteiger charge is 2.21. The molecule has 1 N–H and O–H groups in total. The van der Waals surface area contributed by atoms with Crippen LogP contribution in [0.15, 0.2) is 36.4 Å². The van der Waals surface area contributed by atoms with Gasteiger partial charge in [0.15, 0.2) is 0 Å². The van der Waals surface area contributed by atoms with Gasteiger partial charge in [0.1, 0.15) is 12.3 Å². The number of amides is 2. The number of hydrogen-bond donors (Lipinski definition) is 1. The zero-order valence-electron chi connectivity index (χ0n) is 14.7. The Balaban J connectivity index is 2.28. The van der Waals surface area contributed by atoms with Gasteiger partial charge in [0, 0.05) is 23.7 Å². The fraction of sp³-hybridized carbons (Fsp3) is 0.263. The van der Waals surface area contributed by atoms with Crippen molar-refractivity contribution in [2.75, 3.05) is 23.9 Å². The van der Waals surface area contributed by atoms with Crippen LogP contribution in [0, 0.1) is 13.8 Å². The zero-order valence-corrected chi connectivity index (χ0v) is 15.5. The number of nitrogens with zero attached hydrogens (tertiary/aromatic N) is 1. The van der Waals surface area contributed by atoms with Crippen LogP contribution < -0.4 is 15.0 Å². The fourth-order valence-corrected chi connectivity index (χ4v) is 2.59. The molecule has 0 heterocycles. The van der Waals surface area contributed by atoms with Gasteiger partial charge in [-0.1, -0.05) is 29.8 Å². The van der Waals surface area contributed by atoms with Crippen LogP contribution in [0.3, 0.4) is 0 Å². The van der Waals surface area contributed by atoms with Gasteiger partial charge >= 0.3 is 0 Å². The molecule has 2 rings (SSSR count). The molecule has 0 saturated carbocycles. The van der Waals surface area contributed by atoms with Crippen LogP contribution in [0.4, 0.5) is 11.4 Å². The summed E-state index contributed by atoms with van der Waals surface area (Å²) in [5.41, 5.74) is 2.97. The molecule has 0 bridgehead atoms. The maximum Gasteiger partial charge on any atom is 0.244 e. The lowest BCUT2D eigenvalue weighted by molar-refractivity contribution is -0.120. The van der Waals surface area contributed by atoms with Gasteiger partial charge in [-0.05, 0) is 37.1 Å². The quantitative estimate of drug-likeness (QED) is 0.878. The molecule has 25 heavy (non-hydrogen) atoms. The van der Waals surface area contributed by atoms with Crippen LogP contribution in [-0.4, -0.2) is 25.5 Å². The third kappa shape index (κ3) is 4.51. The SMILES string of the molecule is COc1cc(Cl)c(C)cc1N(CC(=O)Nc1ccccc1C)C(C)=O. The van der Waals surface area contributed by atoms with E-state index < -0.39 is 0 Å². The van der Waals surface area contributed by atoms with Crippen molar-refractivity contribution in [3.63, 3.8) is 0 Å². The van der Waals surface area contributed by atoms with Gasteiger partial charge in [-0.15, -0.1) is 0 Å². The van der Waals surface area contributed by atoms with Gasteiger partial charge in [0.2, 0.25) is 11.8 Å². The third-order valence-electron chi connectivity index (χ3n) is 3.85. The molecule has 5 nitrogen and oxygen atoms in total. The molecular formula is C19H21ClN2O3. The number of aryl methyl sites for hydroxylation is 2. The number of carbonyl (C=O) groups excluding carboxylic acids is 2. The fourth-order valence-electron chi connectivity index (χ4n) is 2.44. The monoisotopic (exact) mass is 360 g/mol. The summed E-state index contributed by atoms with van der Waals surface area (Å²) in [5.74, 6) is -0.117. The first-order chi connectivity index (χ1) is 11.8. The number of hydrogen-bond acceptors (Lipinski definition) is 3. The lowest BCUT2D eigenvalue weighted by Crippen LogP contribution is -2.37. The largest absolute Gasteiger partial charge is 0.495 e. The minimum absolute atomic E-state index is 0.124. The summed E-state index contributed by atoms with van der Waals surface area (Å²) in [5, 5.41) is 3.36. The maximum atomic E-state index is 12.4. The van der Waals surface area contributed by atoms with Gasteiger partial charge in [0.25, 0.3) is 0 Å². The standard InChI is InChI=1S/C19H21ClN2O3/c1-12-7-5-6-8-16(12)21-19(24)11-22(14(3)23)17-9-13(2)15(20)10-18(17)25-4/h5-10H,11H2,1-4H3,(H,21,24). The Morgan fingerprint density at radius 2 is 1.84 bits per heavy atom. The van der Waals surface area contributed by atoms with Crippen LogP contribution in [0.1, 0.15) is 18.1 Å². The molecule has 0 aliphatic carbocycles. The minimum atomic E-state index is -0.292. The van der Waals surface area contributed by atoms with Gasteiger partial charge in [-0.2, -0.15) is 0 Å². The van der Waals surface area contributed by atoms with Crippen molar-refractivity contribution < 1.29 is 14.3 Å². The van der Waals surface area contributed by atoms with Crippen molar-refractivity contribution in [2.45, 2.75) is 20.8 Å². The van der Waals surface area contributed by atoms with Crippen LogP contribution in [0.5, 0.6) is 5.75 Å². The van der Waals surface area contributed by atoms with Crippen molar-refractivity contribution >= 4 is 34.8 Å². The first-order valence-electron chi connectivity index (χ1n) is 7.81. The van der Waals surface area contributed by atoms with Gasteiger partial charge < -0.3 is 10.1 Å². The van der Waals surface area contributed by atoms with E-state index in [-0.39, 0.29) is 18.4 Å². The minimum Gasteiger partial charge on any atom is -0.495 e. The van der Waals surface area contributed by atoms with E-state index in [9.17, 15) is 9.59 Å². The molecule has 0 saturated heterocycles. The normalized spacial score (nSPS) is 10.3. The second-order valence-electron chi connectivity index (χ2n) is 5.74. The first-order valence-corrected chi connectivity index (χ1v) is 8.19. The molecule has 6 heteroatoms. The van der Waals surface area contributed by atoms with Crippen molar-refractivity contribution in [3.05, 3.63) is 52.5 Å². The number of carbonyl (C=O) groups is 2. The number of nitrogens with one attached hydrogen (secondary N) is 1. The topological polar surface area (TPSA) is 58.6 Å². The van der Waals surface area contributed by atoms with Gasteiger partial charge in [0.05, 0.1) is 12.8 Å². The molecule has 0 aromatic heterocycles. The molecule has 0 aliphatic rings. The van der Waals surface area contributed by atoms with E-state index in [0.717, 1.165) is 16.8 Å². The predicted octanol–water partition coefficient (Wildman–Crippen LogP) is 3.96. The highest BCUT2D eigenvalue weighted by Crippen LogP contribution is 2.34. The molecule has 2 aromatic carbocycles. The molecule has 0 atom stereocenters. The van der Waals surface area contributed by atoms with E-state index in [1.54, 1.807) is 12.1 Å². The molecule has 2 amide bonds. The number of ether oxygens (including phenoxy) is 1. The maximum absolute atomic E-state index is 12.4. The molecule has 0 radical (unpaired) electrons. The van der Waals surface area contributed by atoms with Crippen molar-refractivity contribution in [1.29, 1.82) is 0 Å². The molecule has 0 aliphatic heterocycles. The molecule has 0 unspecified atom stereocenters. The number of methoxy groups -OCH3 is 1. The van der Waals surface area contributed by atoms with Gasteiger partial charge in [-0.25, -0.2) is 0 Å². The lowest BCUT2D eigenvalue weighted by atomic mass is 10.1. The second kappa shape index (κ2) is 8.03. The predicted molar refractivity (Wildman–Crippen MR) is 101 cm³/mol. The average molecular weight is 361 g/mol. The molecule has 2 aromatic rings. The Bertz CT molecular complexity index is 805. The number of para-hydroxylation sites is 1. The summed E-state index contributed by atoms with van der Waals surface area (Å²) in [4.78, 5) is 25.9. The van der Waals surface area contributed by atoms with Crippen LogP contribution in [0.2, 0.25) is 5.02 Å². The van der Waals surface area contributed by atoms with Gasteiger partial charge in [-0.3, -0.25) is 14.5 Å². The Labute approximate surface area is 152 Å². The lowest BCUT2D eigenvalue weighted by Gasteiger charge is -2.24. The summed E-state index contributed by atoms with van der Waals surface area (Å²) < 4.78 is 5.32. The third-order valence-corrected chi connectivity index (χ3v) is 4.26. The zero-order chi connectivity index (χ0) is 18.6. The summed E-state index contributed by atoms with van der Waals surface area (Å²) in [7, 11) is 1.50. The second-order valence-corrected chi connectivity index (χ2v) is 6.15. The smallest absolute Gasteiger partial charge is 0.244 e. The Morgan fingerprint density at radius 3 is 2.44 bits per heavy atom. The number of rotatable bonds is 5. The Kier molecular flexibility index (Phi) is 6.04. The van der Waals surface area contributed by atoms with E-state index in [2.05, 4.69) is 5.32 Å². The summed E-state index contributed by atoms with van der Waals surface area (Å²) in [6, 6.07) is 10.8. The summed E-state index contributed by atoms with van der Waals surface area (Å²) in [6.45, 7) is 5.02. The average Bonchev–Trinajstić information content (AvgIpc) is 2.56. The summed E-state index contributed by atoms with van der Waals surface area (Å²) in [6.07, 6.45) is 0. The van der Waals surface area contributed by atoms with E-state index in [0.29, 0.717) is 16.5 Å². The molecular weight excluding hydrogens is 340 g/mol. The first kappa shape index (κ1) is 18.8. The molecule has 0 spiro atoms. The molecule has 132 valence electrons. The Morgan fingerprint density at radius 1 is 1.16 bits per heavy atom. The van der Waals surface area contributed by atoms with Crippen molar-refractivity contribution in [3.8, 4) is 5.75 Å².